The molecule has 15 nitrogen and oxygen atoms in total. The minimum Gasteiger partial charge on any atom is -0.453 e. The Morgan fingerprint density at radius 1 is 0.827 bits per heavy atom. The molecule has 4 atom stereocenters. The van der Waals surface area contributed by atoms with Crippen LogP contribution in [0.25, 0.3) is 44.3 Å². The van der Waals surface area contributed by atoms with Crippen LogP contribution in [0.5, 0.6) is 0 Å². The molecular formula is C37H43N9O6. The van der Waals surface area contributed by atoms with Gasteiger partial charge in [-0.05, 0) is 51.7 Å². The van der Waals surface area contributed by atoms with Gasteiger partial charge >= 0.3 is 6.09 Å². The van der Waals surface area contributed by atoms with Gasteiger partial charge in [0.15, 0.2) is 6.79 Å². The number of carbonyl (C=O) groups excluding carboxylic acids is 3. The van der Waals surface area contributed by atoms with Crippen LogP contribution < -0.4 is 10.6 Å². The number of nitrogens with zero attached hydrogens (tertiary/aromatic N) is 5. The maximum Gasteiger partial charge on any atom is 0.407 e. The van der Waals surface area contributed by atoms with Crippen molar-refractivity contribution in [2.75, 3.05) is 27.0 Å². The van der Waals surface area contributed by atoms with Crippen molar-refractivity contribution >= 4 is 39.7 Å². The summed E-state index contributed by atoms with van der Waals surface area (Å²) in [5.74, 6) is 1.33. The van der Waals surface area contributed by atoms with Gasteiger partial charge in [-0.25, -0.2) is 14.8 Å². The first-order chi connectivity index (χ1) is 25.2. The van der Waals surface area contributed by atoms with Crippen molar-refractivity contribution in [2.24, 2.45) is 7.05 Å². The molecule has 3 aromatic heterocycles. The Kier molecular flexibility index (Phi) is 8.93. The Morgan fingerprint density at radius 3 is 1.83 bits per heavy atom. The number of hydrogen-bond acceptors (Lipinski definition) is 9. The predicted molar refractivity (Wildman–Crippen MR) is 191 cm³/mol. The molecule has 3 aliphatic rings. The molecule has 3 amide bonds. The molecule has 0 bridgehead atoms. The summed E-state index contributed by atoms with van der Waals surface area (Å²) in [4.78, 5) is 58.3. The summed E-state index contributed by atoms with van der Waals surface area (Å²) >= 11 is 0. The lowest BCUT2D eigenvalue weighted by Gasteiger charge is -2.32. The summed E-state index contributed by atoms with van der Waals surface area (Å²) in [7, 11) is 3.34. The quantitative estimate of drug-likeness (QED) is 0.173. The number of fused-ring (bicyclic) bond motifs is 3. The van der Waals surface area contributed by atoms with Gasteiger partial charge in [0.25, 0.3) is 0 Å². The number of imidazole rings is 2. The van der Waals surface area contributed by atoms with E-state index >= 15 is 0 Å². The van der Waals surface area contributed by atoms with Crippen LogP contribution in [-0.2, 0) is 30.8 Å². The van der Waals surface area contributed by atoms with Crippen LogP contribution in [0.2, 0.25) is 0 Å². The van der Waals surface area contributed by atoms with Crippen LogP contribution in [0.4, 0.5) is 4.79 Å². The third-order valence-electron chi connectivity index (χ3n) is 10.6. The lowest BCUT2D eigenvalue weighted by Crippen LogP contribution is -2.53. The highest BCUT2D eigenvalue weighted by Gasteiger charge is 2.37. The van der Waals surface area contributed by atoms with Crippen molar-refractivity contribution in [1.29, 1.82) is 0 Å². The van der Waals surface area contributed by atoms with E-state index < -0.39 is 24.6 Å². The molecule has 0 aliphatic carbocycles. The van der Waals surface area contributed by atoms with Crippen molar-refractivity contribution in [3.05, 3.63) is 60.4 Å². The molecular weight excluding hydrogens is 666 g/mol. The van der Waals surface area contributed by atoms with E-state index in [1.807, 2.05) is 24.2 Å². The fourth-order valence-electron chi connectivity index (χ4n) is 7.78. The monoisotopic (exact) mass is 709 g/mol. The maximum atomic E-state index is 13.3. The number of aromatic amines is 2. The van der Waals surface area contributed by atoms with Crippen LogP contribution in [0.15, 0.2) is 48.8 Å². The molecule has 5 aromatic rings. The summed E-state index contributed by atoms with van der Waals surface area (Å²) in [6.45, 7) is 5.00. The largest absolute Gasteiger partial charge is 0.453 e. The van der Waals surface area contributed by atoms with Gasteiger partial charge < -0.3 is 43.9 Å². The van der Waals surface area contributed by atoms with Gasteiger partial charge in [-0.15, -0.1) is 0 Å². The summed E-state index contributed by atoms with van der Waals surface area (Å²) in [5, 5.41) is 7.92. The standard InChI is InChI=1S/C37H43N9O6/c1-20(40-36(49)50-4)34(47)45-13-5-7-28(45)32-38-17-26(42-32)22-9-11-24-25-12-10-23(16-31(25)44(3)30(24)15-22)27-18-39-33(43-27)29-8-6-14-46(29)35(48)21(2)41-37-51-19-52-37/h9-12,15-18,20-21,28-29,37,41H,5-8,13-14,19H2,1-4H3,(H,38,42)(H,39,43)(H,40,49)/t20-,21-,28-,29-/m0/s1. The van der Waals surface area contributed by atoms with Crippen LogP contribution in [0.1, 0.15) is 63.3 Å². The number of aryl methyl sites for hydroxylation is 1. The Morgan fingerprint density at radius 2 is 1.35 bits per heavy atom. The smallest absolute Gasteiger partial charge is 0.407 e. The van der Waals surface area contributed by atoms with Crippen LogP contribution in [0.3, 0.4) is 0 Å². The van der Waals surface area contributed by atoms with E-state index in [0.29, 0.717) is 13.1 Å². The van der Waals surface area contributed by atoms with Gasteiger partial charge in [0.05, 0.1) is 49.0 Å². The number of hydrogen-bond donors (Lipinski definition) is 4. The second-order valence-corrected chi connectivity index (χ2v) is 13.8. The number of nitrogens with one attached hydrogen (secondary N) is 4. The number of carbonyl (C=O) groups is 3. The molecule has 2 aromatic carbocycles. The lowest BCUT2D eigenvalue weighted by atomic mass is 10.1. The third kappa shape index (κ3) is 6.07. The molecule has 0 saturated carbocycles. The highest BCUT2D eigenvalue weighted by molar-refractivity contribution is 6.09. The van der Waals surface area contributed by atoms with Gasteiger partial charge in [0.2, 0.25) is 18.2 Å². The Bertz CT molecular complexity index is 2150. The highest BCUT2D eigenvalue weighted by Crippen LogP contribution is 2.37. The Labute approximate surface area is 300 Å². The van der Waals surface area contributed by atoms with Gasteiger partial charge in [-0.1, -0.05) is 24.3 Å². The highest BCUT2D eigenvalue weighted by atomic mass is 16.9. The molecule has 0 unspecified atom stereocenters. The fourth-order valence-corrected chi connectivity index (χ4v) is 7.78. The van der Waals surface area contributed by atoms with E-state index in [9.17, 15) is 14.4 Å². The summed E-state index contributed by atoms with van der Waals surface area (Å²) in [6.07, 6.45) is 5.88. The minimum atomic E-state index is -0.708. The second kappa shape index (κ2) is 13.7. The van der Waals surface area contributed by atoms with Crippen LogP contribution >= 0.6 is 0 Å². The molecule has 15 heteroatoms. The molecule has 272 valence electrons. The number of methoxy groups -OCH3 is 1. The molecule has 4 N–H and O–H groups in total. The zero-order valence-electron chi connectivity index (χ0n) is 29.6. The van der Waals surface area contributed by atoms with Gasteiger partial charge in [0.1, 0.15) is 17.7 Å². The molecule has 8 rings (SSSR count). The molecule has 3 aliphatic heterocycles. The first kappa shape index (κ1) is 33.9. The normalized spacial score (nSPS) is 20.4. The van der Waals surface area contributed by atoms with Crippen molar-refractivity contribution in [3.8, 4) is 22.5 Å². The zero-order valence-corrected chi connectivity index (χ0v) is 29.6. The Balaban J connectivity index is 1.01. The molecule has 0 spiro atoms. The number of ether oxygens (including phenoxy) is 3. The van der Waals surface area contributed by atoms with Crippen LogP contribution in [-0.4, -0.2) is 97.7 Å². The molecule has 3 fully saturated rings. The predicted octanol–water partition coefficient (Wildman–Crippen LogP) is 4.45. The topological polar surface area (TPSA) is 172 Å². The van der Waals surface area contributed by atoms with E-state index in [-0.39, 0.29) is 30.7 Å². The number of likely N-dealkylation sites (tertiary alicyclic amines) is 2. The zero-order chi connectivity index (χ0) is 36.1. The SMILES string of the molecule is COC(=O)N[C@@H](C)C(=O)N1CCC[C@H]1c1ncc(-c2ccc3c4ccc(-c5cnc([C@@H]6CCCN6C(=O)[C@H](C)NC6OCO6)[nH]5)cc4n(C)c3c2)[nH]1. The average Bonchev–Trinajstić information content (AvgIpc) is 3.99. The first-order valence-electron chi connectivity index (χ1n) is 17.8. The molecule has 52 heavy (non-hydrogen) atoms. The van der Waals surface area contributed by atoms with E-state index in [0.717, 1.165) is 81.7 Å². The summed E-state index contributed by atoms with van der Waals surface area (Å²) in [5.41, 5.74) is 5.91. The Hall–Kier alpha value is -5.25. The van der Waals surface area contributed by atoms with Gasteiger partial charge in [0, 0.05) is 53.1 Å². The van der Waals surface area contributed by atoms with E-state index in [1.165, 1.54) is 7.11 Å². The average molecular weight is 710 g/mol. The van der Waals surface area contributed by atoms with E-state index in [1.54, 1.807) is 11.8 Å². The van der Waals surface area contributed by atoms with E-state index in [2.05, 4.69) is 73.4 Å². The van der Waals surface area contributed by atoms with Crippen molar-refractivity contribution in [2.45, 2.75) is 70.1 Å². The number of rotatable bonds is 9. The first-order valence-corrected chi connectivity index (χ1v) is 17.8. The number of alkyl carbamates (subject to hydrolysis) is 1. The fraction of sp³-hybridized carbons (Fsp3) is 0.432. The number of H-pyrrole nitrogens is 2. The van der Waals surface area contributed by atoms with Crippen molar-refractivity contribution < 1.29 is 28.6 Å². The minimum absolute atomic E-state index is 0.00236. The van der Waals surface area contributed by atoms with Gasteiger partial charge in [-0.3, -0.25) is 14.9 Å². The van der Waals surface area contributed by atoms with Gasteiger partial charge in [-0.2, -0.15) is 0 Å². The molecule has 6 heterocycles. The number of amides is 3. The molecule has 0 radical (unpaired) electrons. The number of benzene rings is 2. The van der Waals surface area contributed by atoms with Crippen molar-refractivity contribution in [3.63, 3.8) is 0 Å². The van der Waals surface area contributed by atoms with Crippen LogP contribution in [0, 0.1) is 0 Å². The summed E-state index contributed by atoms with van der Waals surface area (Å²) in [6, 6.07) is 11.3. The summed E-state index contributed by atoms with van der Waals surface area (Å²) < 4.78 is 17.4. The number of aromatic nitrogens is 5. The third-order valence-corrected chi connectivity index (χ3v) is 10.6. The lowest BCUT2D eigenvalue weighted by molar-refractivity contribution is -0.334. The van der Waals surface area contributed by atoms with E-state index in [4.69, 9.17) is 19.4 Å². The molecule has 3 saturated heterocycles. The van der Waals surface area contributed by atoms with Crippen molar-refractivity contribution in [1.82, 2.24) is 44.9 Å². The maximum absolute atomic E-state index is 13.3. The second-order valence-electron chi connectivity index (χ2n) is 13.8.